The normalized spacial score (nSPS) is 12.9. The molecule has 8 nitrogen and oxygen atoms in total. The fourth-order valence-electron chi connectivity index (χ4n) is 2.15. The summed E-state index contributed by atoms with van der Waals surface area (Å²) >= 11 is 0. The first-order valence-corrected chi connectivity index (χ1v) is 9.63. The maximum absolute atomic E-state index is 11.9. The van der Waals surface area contributed by atoms with Crippen LogP contribution in [0.2, 0.25) is 0 Å². The molecule has 9 heteroatoms. The number of aromatic nitrogens is 2. The molecule has 2 rings (SSSR count). The number of carbonyl (C=O) groups excluding carboxylic acids is 1. The molecule has 1 aromatic heterocycles. The molecule has 134 valence electrons. The maximum atomic E-state index is 11.9. The number of methoxy groups -OCH3 is 1. The van der Waals surface area contributed by atoms with Gasteiger partial charge < -0.3 is 21.1 Å². The number of amides is 2. The van der Waals surface area contributed by atoms with Crippen molar-refractivity contribution < 1.29 is 13.7 Å². The average Bonchev–Trinajstić information content (AvgIpc) is 2.52. The Morgan fingerprint density at radius 3 is 2.68 bits per heavy atom. The van der Waals surface area contributed by atoms with Crippen molar-refractivity contribution >= 4 is 32.9 Å². The van der Waals surface area contributed by atoms with Gasteiger partial charge in [0.05, 0.1) is 24.2 Å². The number of carbonyl (C=O) groups is 1. The third kappa shape index (κ3) is 5.08. The zero-order valence-corrected chi connectivity index (χ0v) is 15.1. The number of rotatable bonds is 5. The number of nitrogen functional groups attached to an aromatic ring is 1. The summed E-state index contributed by atoms with van der Waals surface area (Å²) in [7, 11) is 0.761. The van der Waals surface area contributed by atoms with E-state index in [-0.39, 0.29) is 17.6 Å². The summed E-state index contributed by atoms with van der Waals surface area (Å²) in [5.41, 5.74) is 7.55. The van der Waals surface area contributed by atoms with E-state index < -0.39 is 9.52 Å². The lowest BCUT2D eigenvalue weighted by Gasteiger charge is -2.12. The number of anilines is 2. The third-order valence-electron chi connectivity index (χ3n) is 3.19. The minimum atomic E-state index is -2.25. The largest absolute Gasteiger partial charge is 0.495 e. The molecule has 1 aromatic carbocycles. The average molecular weight is 363 g/mol. The van der Waals surface area contributed by atoms with Crippen LogP contribution in [0.3, 0.4) is 0 Å². The highest BCUT2D eigenvalue weighted by Crippen LogP contribution is 2.30. The first-order chi connectivity index (χ1) is 11.7. The van der Waals surface area contributed by atoms with Gasteiger partial charge in [0.1, 0.15) is 11.6 Å². The molecule has 0 radical (unpaired) electrons. The molecule has 0 bridgehead atoms. The fourth-order valence-corrected chi connectivity index (χ4v) is 2.93. The van der Waals surface area contributed by atoms with Gasteiger partial charge in [-0.1, -0.05) is 0 Å². The van der Waals surface area contributed by atoms with Crippen molar-refractivity contribution in [2.24, 2.45) is 0 Å². The Bertz CT molecular complexity index is 897. The summed E-state index contributed by atoms with van der Waals surface area (Å²) in [5, 5.41) is 5.12. The highest BCUT2D eigenvalue weighted by molar-refractivity contribution is 7.98. The summed E-state index contributed by atoms with van der Waals surface area (Å²) in [6.07, 6.45) is 1.56. The molecule has 0 aliphatic rings. The van der Waals surface area contributed by atoms with Gasteiger partial charge in [-0.15, -0.1) is 0 Å². The second kappa shape index (κ2) is 7.39. The maximum Gasteiger partial charge on any atom is 0.319 e. The summed E-state index contributed by atoms with van der Waals surface area (Å²) in [4.78, 5) is 20.1. The fraction of sp³-hybridized carbons (Fsp3) is 0.250. The number of hydrogen-bond acceptors (Lipinski definition) is 6. The van der Waals surface area contributed by atoms with Crippen molar-refractivity contribution in [2.45, 2.75) is 5.75 Å². The number of urea groups is 1. The molecule has 0 aliphatic heterocycles. The number of ether oxygens (including phenoxy) is 1. The summed E-state index contributed by atoms with van der Waals surface area (Å²) in [5.74, 6) is 4.94. The first-order valence-electron chi connectivity index (χ1n) is 7.32. The Kier molecular flexibility index (Phi) is 5.48. The van der Waals surface area contributed by atoms with E-state index in [1.807, 2.05) is 0 Å². The van der Waals surface area contributed by atoms with Crippen molar-refractivity contribution in [1.29, 1.82) is 0 Å². The molecule has 1 atom stereocenters. The van der Waals surface area contributed by atoms with Crippen LogP contribution in [0.5, 0.6) is 5.75 Å². The van der Waals surface area contributed by atoms with Crippen molar-refractivity contribution in [2.75, 3.05) is 31.5 Å². The van der Waals surface area contributed by atoms with Crippen LogP contribution >= 0.6 is 0 Å². The lowest BCUT2D eigenvalue weighted by Crippen LogP contribution is -2.24. The minimum Gasteiger partial charge on any atom is -0.495 e. The van der Waals surface area contributed by atoms with Crippen LogP contribution in [-0.4, -0.2) is 46.5 Å². The molecule has 0 saturated carbocycles. The van der Waals surface area contributed by atoms with Crippen LogP contribution in [0.1, 0.15) is 5.69 Å². The molecular formula is C16H21N5O3S. The number of nitrogens with one attached hydrogen (secondary N) is 2. The van der Waals surface area contributed by atoms with Gasteiger partial charge in [0.2, 0.25) is 0 Å². The molecule has 0 saturated heterocycles. The molecule has 2 aromatic rings. The molecule has 2 amide bonds. The van der Waals surface area contributed by atoms with Crippen molar-refractivity contribution in [3.63, 3.8) is 0 Å². The quantitative estimate of drug-likeness (QED) is 0.690. The van der Waals surface area contributed by atoms with Gasteiger partial charge >= 0.3 is 6.03 Å². The van der Waals surface area contributed by atoms with Gasteiger partial charge in [0.15, 0.2) is 5.82 Å². The highest BCUT2D eigenvalue weighted by atomic mass is 32.2. The van der Waals surface area contributed by atoms with E-state index in [1.165, 1.54) is 14.2 Å². The standard InChI is InChI=1S/C16H21N5O3S/c1-18-16(22)20-12-6-5-10(7-13(12)24-2)15-19-11(8-14(17)21-15)9-25(3,4)23/h5-8H,3,9H2,1-2,4H3,(H2,17,19,21)(H2,18,20,22). The first kappa shape index (κ1) is 18.5. The minimum absolute atomic E-state index is 0.208. The molecule has 1 unspecified atom stereocenters. The van der Waals surface area contributed by atoms with Crippen LogP contribution in [0.4, 0.5) is 16.3 Å². The van der Waals surface area contributed by atoms with Gasteiger partial charge in [-0.25, -0.2) is 14.8 Å². The van der Waals surface area contributed by atoms with E-state index in [4.69, 9.17) is 10.5 Å². The van der Waals surface area contributed by atoms with E-state index in [9.17, 15) is 9.00 Å². The number of benzene rings is 1. The Morgan fingerprint density at radius 2 is 2.08 bits per heavy atom. The molecular weight excluding hydrogens is 342 g/mol. The molecule has 4 N–H and O–H groups in total. The lowest BCUT2D eigenvalue weighted by atomic mass is 10.1. The Balaban J connectivity index is 2.43. The van der Waals surface area contributed by atoms with Crippen molar-refractivity contribution in [3.05, 3.63) is 30.0 Å². The second-order valence-electron chi connectivity index (χ2n) is 5.56. The molecule has 1 heterocycles. The van der Waals surface area contributed by atoms with E-state index >= 15 is 0 Å². The Hall–Kier alpha value is -2.81. The van der Waals surface area contributed by atoms with Crippen LogP contribution in [0, 0.1) is 0 Å². The summed E-state index contributed by atoms with van der Waals surface area (Å²) in [6.45, 7) is 0. The summed E-state index contributed by atoms with van der Waals surface area (Å²) in [6, 6.07) is 6.33. The van der Waals surface area contributed by atoms with Gasteiger partial charge in [-0.2, -0.15) is 0 Å². The monoisotopic (exact) mass is 363 g/mol. The van der Waals surface area contributed by atoms with Crippen LogP contribution in [0.25, 0.3) is 11.4 Å². The van der Waals surface area contributed by atoms with E-state index in [0.717, 1.165) is 0 Å². The molecule has 0 aliphatic carbocycles. The second-order valence-corrected chi connectivity index (χ2v) is 8.21. The van der Waals surface area contributed by atoms with Gasteiger partial charge in [-0.3, -0.25) is 4.21 Å². The summed E-state index contributed by atoms with van der Waals surface area (Å²) < 4.78 is 17.2. The van der Waals surface area contributed by atoms with Crippen LogP contribution in [-0.2, 0) is 15.3 Å². The SMILES string of the molecule is C=S(C)(=O)Cc1cc(N)nc(-c2ccc(NC(=O)NC)c(OC)c2)n1. The topological polar surface area (TPSA) is 119 Å². The van der Waals surface area contributed by atoms with E-state index in [2.05, 4.69) is 26.5 Å². The molecule has 0 spiro atoms. The lowest BCUT2D eigenvalue weighted by molar-refractivity contribution is 0.254. The molecule has 25 heavy (non-hydrogen) atoms. The smallest absolute Gasteiger partial charge is 0.319 e. The highest BCUT2D eigenvalue weighted by Gasteiger charge is 2.12. The van der Waals surface area contributed by atoms with Crippen molar-refractivity contribution in [1.82, 2.24) is 15.3 Å². The number of hydrogen-bond donors (Lipinski definition) is 3. The number of nitrogens with two attached hydrogens (primary N) is 1. The molecule has 0 fully saturated rings. The van der Waals surface area contributed by atoms with Gasteiger partial charge in [0.25, 0.3) is 0 Å². The van der Waals surface area contributed by atoms with Gasteiger partial charge in [-0.05, 0) is 33.6 Å². The zero-order chi connectivity index (χ0) is 18.6. The van der Waals surface area contributed by atoms with E-state index in [0.29, 0.717) is 28.5 Å². The zero-order valence-electron chi connectivity index (χ0n) is 14.3. The van der Waals surface area contributed by atoms with Gasteiger partial charge in [0, 0.05) is 24.9 Å². The van der Waals surface area contributed by atoms with Crippen molar-refractivity contribution in [3.8, 4) is 17.1 Å². The van der Waals surface area contributed by atoms with Crippen LogP contribution < -0.4 is 21.1 Å². The Morgan fingerprint density at radius 1 is 1.36 bits per heavy atom. The predicted molar refractivity (Wildman–Crippen MR) is 101 cm³/mol. The predicted octanol–water partition coefficient (Wildman–Crippen LogP) is 1.33. The third-order valence-corrected chi connectivity index (χ3v) is 4.09. The Labute approximate surface area is 146 Å². The van der Waals surface area contributed by atoms with E-state index in [1.54, 1.807) is 30.5 Å². The van der Waals surface area contributed by atoms with Crippen LogP contribution in [0.15, 0.2) is 24.3 Å². The number of nitrogens with zero attached hydrogens (tertiary/aromatic N) is 2.